The molecule has 0 saturated carbocycles. The van der Waals surface area contributed by atoms with Crippen LogP contribution < -0.4 is 11.3 Å². The van der Waals surface area contributed by atoms with Gasteiger partial charge in [0.2, 0.25) is 5.95 Å². The van der Waals surface area contributed by atoms with E-state index in [9.17, 15) is 9.90 Å². The number of nitrogens with two attached hydrogens (primary N) is 1. The lowest BCUT2D eigenvalue weighted by molar-refractivity contribution is -0.0596. The Labute approximate surface area is 103 Å². The first-order valence-corrected chi connectivity index (χ1v) is 5.40. The molecule has 0 aromatic carbocycles. The third-order valence-electron chi connectivity index (χ3n) is 2.91. The number of nitrogens with zero attached hydrogens (tertiary/aromatic N) is 2. The highest BCUT2D eigenvalue weighted by molar-refractivity contribution is 5.18. The fourth-order valence-electron chi connectivity index (χ4n) is 1.99. The molecule has 4 atom stereocenters. The van der Waals surface area contributed by atoms with Crippen LogP contribution in [0.4, 0.5) is 5.95 Å². The molecule has 1 aliphatic heterocycles. The molecule has 0 bridgehead atoms. The Kier molecular flexibility index (Phi) is 3.62. The maximum absolute atomic E-state index is 11.0. The lowest BCUT2D eigenvalue weighted by Gasteiger charge is -2.22. The number of hydrogen-bond acceptors (Lipinski definition) is 7. The summed E-state index contributed by atoms with van der Waals surface area (Å²) in [5.41, 5.74) is 5.16. The van der Waals surface area contributed by atoms with E-state index in [1.165, 1.54) is 23.9 Å². The average Bonchev–Trinajstić information content (AvgIpc) is 2.65. The van der Waals surface area contributed by atoms with E-state index >= 15 is 0 Å². The van der Waals surface area contributed by atoms with E-state index in [0.717, 1.165) is 0 Å². The van der Waals surface area contributed by atoms with Gasteiger partial charge in [-0.25, -0.2) is 0 Å². The third kappa shape index (κ3) is 2.10. The van der Waals surface area contributed by atoms with Crippen LogP contribution in [0.5, 0.6) is 0 Å². The van der Waals surface area contributed by atoms with Crippen molar-refractivity contribution in [2.45, 2.75) is 24.5 Å². The van der Waals surface area contributed by atoms with E-state index in [4.69, 9.17) is 20.3 Å². The van der Waals surface area contributed by atoms with Gasteiger partial charge in [-0.1, -0.05) is 0 Å². The molecule has 1 fully saturated rings. The second-order valence-corrected chi connectivity index (χ2v) is 3.97. The molecule has 100 valence electrons. The van der Waals surface area contributed by atoms with Gasteiger partial charge in [-0.05, 0) is 0 Å². The van der Waals surface area contributed by atoms with Crippen molar-refractivity contribution in [3.63, 3.8) is 0 Å². The molecule has 2 heterocycles. The first-order valence-electron chi connectivity index (χ1n) is 5.40. The topological polar surface area (TPSA) is 120 Å². The molecule has 4 N–H and O–H groups in total. The van der Waals surface area contributed by atoms with Crippen LogP contribution in [0.1, 0.15) is 6.23 Å². The molecule has 0 radical (unpaired) electrons. The minimum absolute atomic E-state index is 0.0414. The number of ether oxygens (including phenoxy) is 2. The quantitative estimate of drug-likeness (QED) is 0.578. The molecule has 1 aliphatic rings. The van der Waals surface area contributed by atoms with Crippen LogP contribution in [0.25, 0.3) is 0 Å². The van der Waals surface area contributed by atoms with Crippen LogP contribution in [0.3, 0.4) is 0 Å². The zero-order valence-electron chi connectivity index (χ0n) is 9.76. The summed E-state index contributed by atoms with van der Waals surface area (Å²) in [6.45, 7) is -0.342. The van der Waals surface area contributed by atoms with Crippen molar-refractivity contribution in [3.8, 4) is 0 Å². The Morgan fingerprint density at radius 3 is 2.94 bits per heavy atom. The number of aliphatic hydroxyl groups is 2. The summed E-state index contributed by atoms with van der Waals surface area (Å²) < 4.78 is 12.0. The highest BCUT2D eigenvalue weighted by Crippen LogP contribution is 2.31. The van der Waals surface area contributed by atoms with Gasteiger partial charge < -0.3 is 25.4 Å². The summed E-state index contributed by atoms with van der Waals surface area (Å²) in [5.74, 6) is -0.0414. The second kappa shape index (κ2) is 5.02. The number of aromatic nitrogens is 2. The van der Waals surface area contributed by atoms with Gasteiger partial charge >= 0.3 is 0 Å². The van der Waals surface area contributed by atoms with Crippen molar-refractivity contribution in [2.75, 3.05) is 19.5 Å². The van der Waals surface area contributed by atoms with Crippen molar-refractivity contribution in [2.24, 2.45) is 0 Å². The first kappa shape index (κ1) is 13.0. The maximum Gasteiger partial charge on any atom is 0.274 e. The fraction of sp³-hybridized carbons (Fsp3) is 0.600. The predicted molar refractivity (Wildman–Crippen MR) is 60.7 cm³/mol. The van der Waals surface area contributed by atoms with Crippen LogP contribution >= 0.6 is 0 Å². The minimum Gasteiger partial charge on any atom is -0.394 e. The lowest BCUT2D eigenvalue weighted by Crippen LogP contribution is -2.35. The molecule has 1 aromatic heterocycles. The fourth-order valence-corrected chi connectivity index (χ4v) is 1.99. The molecule has 2 rings (SSSR count). The summed E-state index contributed by atoms with van der Waals surface area (Å²) in [6.07, 6.45) is -1.78. The van der Waals surface area contributed by atoms with Crippen LogP contribution in [-0.4, -0.2) is 51.8 Å². The SMILES string of the molecule is CO[C@H]1C(O)[C@@H](CO)O[C@H]1n1ccc(=O)nc1N. The molecular formula is C10H15N3O5. The molecule has 1 saturated heterocycles. The highest BCUT2D eigenvalue weighted by atomic mass is 16.6. The average molecular weight is 257 g/mol. The largest absolute Gasteiger partial charge is 0.394 e. The number of methoxy groups -OCH3 is 1. The van der Waals surface area contributed by atoms with E-state index in [2.05, 4.69) is 4.98 Å². The van der Waals surface area contributed by atoms with Crippen molar-refractivity contribution >= 4 is 5.95 Å². The van der Waals surface area contributed by atoms with E-state index in [1.54, 1.807) is 0 Å². The molecule has 0 aliphatic carbocycles. The number of nitrogen functional groups attached to an aromatic ring is 1. The molecule has 1 unspecified atom stereocenters. The van der Waals surface area contributed by atoms with E-state index < -0.39 is 30.1 Å². The van der Waals surface area contributed by atoms with Crippen molar-refractivity contribution in [1.29, 1.82) is 0 Å². The zero-order chi connectivity index (χ0) is 13.3. The Hall–Kier alpha value is -1.48. The number of aliphatic hydroxyl groups excluding tert-OH is 2. The zero-order valence-corrected chi connectivity index (χ0v) is 9.76. The first-order chi connectivity index (χ1) is 8.58. The van der Waals surface area contributed by atoms with Crippen LogP contribution in [0.2, 0.25) is 0 Å². The Bertz CT molecular complexity index is 477. The molecule has 0 spiro atoms. The minimum atomic E-state index is -0.983. The highest BCUT2D eigenvalue weighted by Gasteiger charge is 2.44. The Balaban J connectivity index is 2.34. The normalized spacial score (nSPS) is 31.7. The lowest BCUT2D eigenvalue weighted by atomic mass is 10.1. The Morgan fingerprint density at radius 1 is 1.67 bits per heavy atom. The summed E-state index contributed by atoms with van der Waals surface area (Å²) in [7, 11) is 1.41. The van der Waals surface area contributed by atoms with Crippen molar-refractivity contribution in [3.05, 3.63) is 22.6 Å². The van der Waals surface area contributed by atoms with Crippen LogP contribution in [0, 0.1) is 0 Å². The van der Waals surface area contributed by atoms with Gasteiger partial charge in [0.15, 0.2) is 6.23 Å². The van der Waals surface area contributed by atoms with Gasteiger partial charge in [0.1, 0.15) is 18.3 Å². The Morgan fingerprint density at radius 2 is 2.39 bits per heavy atom. The van der Waals surface area contributed by atoms with Gasteiger partial charge in [0.05, 0.1) is 6.61 Å². The van der Waals surface area contributed by atoms with Gasteiger partial charge in [0.25, 0.3) is 5.56 Å². The molecule has 1 aromatic rings. The van der Waals surface area contributed by atoms with Gasteiger partial charge in [-0.3, -0.25) is 9.36 Å². The third-order valence-corrected chi connectivity index (χ3v) is 2.91. The van der Waals surface area contributed by atoms with E-state index in [-0.39, 0.29) is 12.6 Å². The summed E-state index contributed by atoms with van der Waals surface area (Å²) in [5, 5.41) is 19.0. The van der Waals surface area contributed by atoms with Crippen LogP contribution in [-0.2, 0) is 9.47 Å². The molecule has 0 amide bonds. The smallest absolute Gasteiger partial charge is 0.274 e. The molecular weight excluding hydrogens is 242 g/mol. The predicted octanol–water partition coefficient (Wildman–Crippen LogP) is -1.91. The van der Waals surface area contributed by atoms with Crippen molar-refractivity contribution < 1.29 is 19.7 Å². The van der Waals surface area contributed by atoms with E-state index in [1.807, 2.05) is 0 Å². The standard InChI is InChI=1S/C10H15N3O5/c1-17-8-7(16)5(4-14)18-9(8)13-3-2-6(15)12-10(13)11/h2-3,5,7-9,14,16H,4H2,1H3,(H2,11,12,15)/t5-,7?,8+,9-/m1/s1. The van der Waals surface area contributed by atoms with Gasteiger partial charge in [0, 0.05) is 19.4 Å². The summed E-state index contributed by atoms with van der Waals surface area (Å²) in [4.78, 5) is 14.6. The maximum atomic E-state index is 11.0. The van der Waals surface area contributed by atoms with Crippen LogP contribution in [0.15, 0.2) is 17.1 Å². The molecule has 8 heteroatoms. The molecule has 18 heavy (non-hydrogen) atoms. The van der Waals surface area contributed by atoms with Gasteiger partial charge in [-0.2, -0.15) is 4.98 Å². The van der Waals surface area contributed by atoms with Gasteiger partial charge in [-0.15, -0.1) is 0 Å². The van der Waals surface area contributed by atoms with E-state index in [0.29, 0.717) is 0 Å². The second-order valence-electron chi connectivity index (χ2n) is 3.97. The number of rotatable bonds is 3. The molecule has 8 nitrogen and oxygen atoms in total. The van der Waals surface area contributed by atoms with Crippen molar-refractivity contribution in [1.82, 2.24) is 9.55 Å². The summed E-state index contributed by atoms with van der Waals surface area (Å²) in [6, 6.07) is 1.23. The summed E-state index contributed by atoms with van der Waals surface area (Å²) >= 11 is 0. The number of hydrogen-bond donors (Lipinski definition) is 3. The number of anilines is 1. The monoisotopic (exact) mass is 257 g/mol.